The summed E-state index contributed by atoms with van der Waals surface area (Å²) in [6.45, 7) is 8.15. The molecule has 0 radical (unpaired) electrons. The van der Waals surface area contributed by atoms with Crippen LogP contribution in [0.3, 0.4) is 0 Å². The molecule has 1 aliphatic rings. The van der Waals surface area contributed by atoms with Gasteiger partial charge in [-0.25, -0.2) is 4.79 Å². The lowest BCUT2D eigenvalue weighted by Gasteiger charge is -2.38. The van der Waals surface area contributed by atoms with E-state index < -0.39 is 11.5 Å². The number of aryl methyl sites for hydroxylation is 2. The van der Waals surface area contributed by atoms with Gasteiger partial charge in [0.25, 0.3) is 0 Å². The number of nitrogens with one attached hydrogen (secondary N) is 3. The summed E-state index contributed by atoms with van der Waals surface area (Å²) < 4.78 is 1.68. The molecule has 1 saturated heterocycles. The summed E-state index contributed by atoms with van der Waals surface area (Å²) in [5.74, 6) is -0.769. The summed E-state index contributed by atoms with van der Waals surface area (Å²) in [5, 5.41) is 12.9. The van der Waals surface area contributed by atoms with Gasteiger partial charge in [-0.1, -0.05) is 24.3 Å². The van der Waals surface area contributed by atoms with Gasteiger partial charge in [0, 0.05) is 48.7 Å². The molecular formula is C28H34N6O3. The van der Waals surface area contributed by atoms with Gasteiger partial charge in [-0.15, -0.1) is 0 Å². The molecule has 1 fully saturated rings. The van der Waals surface area contributed by atoms with Gasteiger partial charge in [0.15, 0.2) is 0 Å². The van der Waals surface area contributed by atoms with E-state index in [2.05, 4.69) is 21.0 Å². The molecule has 9 heteroatoms. The van der Waals surface area contributed by atoms with E-state index >= 15 is 0 Å². The van der Waals surface area contributed by atoms with Crippen molar-refractivity contribution in [3.63, 3.8) is 0 Å². The second-order valence-electron chi connectivity index (χ2n) is 10.5. The van der Waals surface area contributed by atoms with Crippen molar-refractivity contribution < 1.29 is 14.4 Å². The third-order valence-corrected chi connectivity index (χ3v) is 6.38. The van der Waals surface area contributed by atoms with Crippen LogP contribution in [0.25, 0.3) is 0 Å². The highest BCUT2D eigenvalue weighted by molar-refractivity contribution is 5.99. The summed E-state index contributed by atoms with van der Waals surface area (Å²) in [6.07, 6.45) is 3.72. The van der Waals surface area contributed by atoms with Gasteiger partial charge < -0.3 is 20.9 Å². The number of aromatic nitrogens is 2. The Hall–Kier alpha value is -4.14. The Morgan fingerprint density at radius 2 is 1.73 bits per heavy atom. The molecule has 1 aliphatic heterocycles. The maximum Gasteiger partial charge on any atom is 0.323 e. The monoisotopic (exact) mass is 502 g/mol. The highest BCUT2D eigenvalue weighted by atomic mass is 16.2. The van der Waals surface area contributed by atoms with Crippen molar-refractivity contribution >= 4 is 29.2 Å². The molecule has 37 heavy (non-hydrogen) atoms. The molecule has 0 aliphatic carbocycles. The van der Waals surface area contributed by atoms with Gasteiger partial charge in [-0.05, 0) is 63.1 Å². The minimum atomic E-state index is -0.530. The fourth-order valence-electron chi connectivity index (χ4n) is 4.83. The van der Waals surface area contributed by atoms with Crippen molar-refractivity contribution in [1.29, 1.82) is 0 Å². The van der Waals surface area contributed by atoms with Crippen LogP contribution in [0.1, 0.15) is 49.9 Å². The molecule has 3 aromatic rings. The third-order valence-electron chi connectivity index (χ3n) is 6.38. The Morgan fingerprint density at radius 3 is 2.35 bits per heavy atom. The van der Waals surface area contributed by atoms with E-state index in [0.717, 1.165) is 16.7 Å². The van der Waals surface area contributed by atoms with Gasteiger partial charge in [0.05, 0.1) is 18.2 Å². The molecule has 194 valence electrons. The first kappa shape index (κ1) is 25.9. The number of hydrogen-bond donors (Lipinski definition) is 3. The van der Waals surface area contributed by atoms with E-state index in [1.807, 2.05) is 83.4 Å². The lowest BCUT2D eigenvalue weighted by atomic mass is 9.92. The van der Waals surface area contributed by atoms with Crippen molar-refractivity contribution in [2.45, 2.75) is 52.2 Å². The fourth-order valence-corrected chi connectivity index (χ4v) is 4.83. The molecule has 2 unspecified atom stereocenters. The Bertz CT molecular complexity index is 1310. The molecule has 1 aromatic heterocycles. The molecule has 0 bridgehead atoms. The SMILES string of the molecule is Cc1cccc(NC(=O)Nc2cccc(CNC(=O)C3CC(=O)N(C(C)(C)C)C3c3cnn(C)c3)c2)c1. The molecule has 2 heterocycles. The number of carbonyl (C=O) groups excluding carboxylic acids is 3. The van der Waals surface area contributed by atoms with Gasteiger partial charge in [-0.3, -0.25) is 14.3 Å². The Balaban J connectivity index is 1.42. The van der Waals surface area contributed by atoms with E-state index in [1.54, 1.807) is 21.8 Å². The highest BCUT2D eigenvalue weighted by Gasteiger charge is 2.48. The van der Waals surface area contributed by atoms with Crippen LogP contribution < -0.4 is 16.0 Å². The molecule has 0 saturated carbocycles. The highest BCUT2D eigenvalue weighted by Crippen LogP contribution is 2.42. The van der Waals surface area contributed by atoms with E-state index in [-0.39, 0.29) is 36.9 Å². The second kappa shape index (κ2) is 10.5. The van der Waals surface area contributed by atoms with Crippen LogP contribution >= 0.6 is 0 Å². The van der Waals surface area contributed by atoms with Crippen molar-refractivity contribution in [2.24, 2.45) is 13.0 Å². The zero-order chi connectivity index (χ0) is 26.7. The second-order valence-corrected chi connectivity index (χ2v) is 10.5. The average molecular weight is 503 g/mol. The number of anilines is 2. The largest absolute Gasteiger partial charge is 0.352 e. The number of nitrogens with zero attached hydrogens (tertiary/aromatic N) is 3. The number of urea groups is 1. The van der Waals surface area contributed by atoms with E-state index in [9.17, 15) is 14.4 Å². The van der Waals surface area contributed by atoms with Crippen LogP contribution in [0.4, 0.5) is 16.2 Å². The number of carbonyl (C=O) groups is 3. The number of benzene rings is 2. The quantitative estimate of drug-likeness (QED) is 0.465. The summed E-state index contributed by atoms with van der Waals surface area (Å²) in [7, 11) is 1.82. The standard InChI is InChI=1S/C28H34N6O3/c1-18-8-6-10-21(12-18)31-27(37)32-22-11-7-9-19(13-22)15-29-26(36)23-14-24(35)34(28(2,3)4)25(23)20-16-30-33(5)17-20/h6-13,16-17,23,25H,14-15H2,1-5H3,(H,29,36)(H2,31,32,37). The molecule has 2 atom stereocenters. The lowest BCUT2D eigenvalue weighted by Crippen LogP contribution is -2.45. The number of hydrogen-bond acceptors (Lipinski definition) is 4. The van der Waals surface area contributed by atoms with Gasteiger partial charge in [0.2, 0.25) is 11.8 Å². The van der Waals surface area contributed by atoms with Crippen LogP contribution in [0, 0.1) is 12.8 Å². The van der Waals surface area contributed by atoms with E-state index in [1.165, 1.54) is 0 Å². The van der Waals surface area contributed by atoms with Crippen LogP contribution in [-0.4, -0.2) is 38.1 Å². The number of rotatable bonds is 6. The fraction of sp³-hybridized carbons (Fsp3) is 0.357. The summed E-state index contributed by atoms with van der Waals surface area (Å²) in [4.78, 5) is 40.5. The van der Waals surface area contributed by atoms with Gasteiger partial charge in [0.1, 0.15) is 0 Å². The number of amides is 4. The van der Waals surface area contributed by atoms with Gasteiger partial charge in [-0.2, -0.15) is 5.10 Å². The average Bonchev–Trinajstić information content (AvgIpc) is 3.40. The topological polar surface area (TPSA) is 108 Å². The first-order valence-electron chi connectivity index (χ1n) is 12.3. The summed E-state index contributed by atoms with van der Waals surface area (Å²) >= 11 is 0. The van der Waals surface area contributed by atoms with E-state index in [0.29, 0.717) is 11.4 Å². The van der Waals surface area contributed by atoms with Crippen molar-refractivity contribution in [2.75, 3.05) is 10.6 Å². The van der Waals surface area contributed by atoms with E-state index in [4.69, 9.17) is 0 Å². The smallest absolute Gasteiger partial charge is 0.323 e. The maximum absolute atomic E-state index is 13.3. The lowest BCUT2D eigenvalue weighted by molar-refractivity contribution is -0.133. The van der Waals surface area contributed by atoms with Crippen LogP contribution in [0.5, 0.6) is 0 Å². The molecular weight excluding hydrogens is 468 g/mol. The first-order chi connectivity index (χ1) is 17.5. The normalized spacial score (nSPS) is 17.5. The van der Waals surface area contributed by atoms with Crippen LogP contribution in [-0.2, 0) is 23.2 Å². The maximum atomic E-state index is 13.3. The minimum Gasteiger partial charge on any atom is -0.352 e. The molecule has 9 nitrogen and oxygen atoms in total. The summed E-state index contributed by atoms with van der Waals surface area (Å²) in [6, 6.07) is 14.1. The zero-order valence-corrected chi connectivity index (χ0v) is 21.9. The predicted octanol–water partition coefficient (Wildman–Crippen LogP) is 4.38. The Morgan fingerprint density at radius 1 is 1.05 bits per heavy atom. The molecule has 0 spiro atoms. The predicted molar refractivity (Wildman–Crippen MR) is 143 cm³/mol. The Labute approximate surface area is 217 Å². The molecule has 4 amide bonds. The minimum absolute atomic E-state index is 0.0488. The van der Waals surface area contributed by atoms with Crippen molar-refractivity contribution in [1.82, 2.24) is 20.0 Å². The third kappa shape index (κ3) is 6.17. The molecule has 3 N–H and O–H groups in total. The molecule has 2 aromatic carbocycles. The zero-order valence-electron chi connectivity index (χ0n) is 21.9. The summed E-state index contributed by atoms with van der Waals surface area (Å²) in [5.41, 5.74) is 3.60. The van der Waals surface area contributed by atoms with Gasteiger partial charge >= 0.3 is 6.03 Å². The number of likely N-dealkylation sites (tertiary alicyclic amines) is 1. The first-order valence-corrected chi connectivity index (χ1v) is 12.3. The van der Waals surface area contributed by atoms with Crippen LogP contribution in [0.15, 0.2) is 60.9 Å². The van der Waals surface area contributed by atoms with Crippen molar-refractivity contribution in [3.8, 4) is 0 Å². The Kier molecular flexibility index (Phi) is 7.33. The van der Waals surface area contributed by atoms with Crippen LogP contribution in [0.2, 0.25) is 0 Å². The molecule has 4 rings (SSSR count). The van der Waals surface area contributed by atoms with Crippen molar-refractivity contribution in [3.05, 3.63) is 77.6 Å².